The summed E-state index contributed by atoms with van der Waals surface area (Å²) < 4.78 is 4.89. The quantitative estimate of drug-likeness (QED) is 0.477. The lowest BCUT2D eigenvalue weighted by molar-refractivity contribution is -0.147. The molecule has 0 aliphatic rings. The van der Waals surface area contributed by atoms with Crippen molar-refractivity contribution in [3.8, 4) is 0 Å². The summed E-state index contributed by atoms with van der Waals surface area (Å²) in [6, 6.07) is 13.1. The van der Waals surface area contributed by atoms with Crippen LogP contribution >= 0.6 is 11.6 Å². The van der Waals surface area contributed by atoms with Gasteiger partial charge in [-0.25, -0.2) is 0 Å². The van der Waals surface area contributed by atoms with E-state index in [0.29, 0.717) is 22.0 Å². The van der Waals surface area contributed by atoms with Crippen molar-refractivity contribution in [3.63, 3.8) is 0 Å². The standard InChI is InChI=1S/C21H21ClN2O5/c1-14(25)15-8-10-17(11-9-15)23-19(26)6-3-7-21(28)29-13-20(27)24-18-5-2-4-16(22)12-18/h2,4-5,8-12H,3,6-7,13H2,1H3,(H,23,26)(H,24,27). The molecular formula is C21H21ClN2O5. The molecule has 0 saturated heterocycles. The molecule has 2 rings (SSSR count). The Bertz CT molecular complexity index is 896. The van der Waals surface area contributed by atoms with Gasteiger partial charge in [0.15, 0.2) is 12.4 Å². The summed E-state index contributed by atoms with van der Waals surface area (Å²) in [5.41, 5.74) is 1.64. The van der Waals surface area contributed by atoms with Crippen LogP contribution < -0.4 is 10.6 Å². The van der Waals surface area contributed by atoms with E-state index in [9.17, 15) is 19.2 Å². The van der Waals surface area contributed by atoms with Gasteiger partial charge in [0.05, 0.1) is 0 Å². The number of ether oxygens (including phenoxy) is 1. The van der Waals surface area contributed by atoms with E-state index in [2.05, 4.69) is 10.6 Å². The highest BCUT2D eigenvalue weighted by atomic mass is 35.5. The summed E-state index contributed by atoms with van der Waals surface area (Å²) >= 11 is 5.83. The van der Waals surface area contributed by atoms with Crippen LogP contribution in [0, 0.1) is 0 Å². The number of Topliss-reactive ketones (excluding diaryl/α,β-unsaturated/α-hetero) is 1. The number of amides is 2. The lowest BCUT2D eigenvalue weighted by atomic mass is 10.1. The summed E-state index contributed by atoms with van der Waals surface area (Å²) in [6.07, 6.45) is 0.422. The van der Waals surface area contributed by atoms with E-state index in [0.717, 1.165) is 0 Å². The predicted molar refractivity (Wildman–Crippen MR) is 110 cm³/mol. The van der Waals surface area contributed by atoms with Crippen molar-refractivity contribution in [1.82, 2.24) is 0 Å². The average molecular weight is 417 g/mol. The Labute approximate surface area is 173 Å². The van der Waals surface area contributed by atoms with Crippen LogP contribution in [-0.2, 0) is 19.1 Å². The van der Waals surface area contributed by atoms with Crippen molar-refractivity contribution in [2.45, 2.75) is 26.2 Å². The first-order valence-corrected chi connectivity index (χ1v) is 9.33. The number of hydrogen-bond acceptors (Lipinski definition) is 5. The van der Waals surface area contributed by atoms with Gasteiger partial charge in [-0.05, 0) is 55.8 Å². The number of ketones is 1. The van der Waals surface area contributed by atoms with Gasteiger partial charge >= 0.3 is 5.97 Å². The van der Waals surface area contributed by atoms with Gasteiger partial charge in [-0.2, -0.15) is 0 Å². The normalized spacial score (nSPS) is 10.1. The predicted octanol–water partition coefficient (Wildman–Crippen LogP) is 3.83. The van der Waals surface area contributed by atoms with Crippen molar-refractivity contribution >= 4 is 46.5 Å². The summed E-state index contributed by atoms with van der Waals surface area (Å²) in [7, 11) is 0. The number of anilines is 2. The Morgan fingerprint density at radius 2 is 1.59 bits per heavy atom. The van der Waals surface area contributed by atoms with Crippen molar-refractivity contribution in [3.05, 3.63) is 59.1 Å². The molecule has 0 fully saturated rings. The molecule has 0 bridgehead atoms. The van der Waals surface area contributed by atoms with Gasteiger partial charge in [0.2, 0.25) is 5.91 Å². The van der Waals surface area contributed by atoms with Crippen LogP contribution in [0.3, 0.4) is 0 Å². The maximum atomic E-state index is 11.9. The first-order chi connectivity index (χ1) is 13.8. The molecule has 0 spiro atoms. The topological polar surface area (TPSA) is 102 Å². The first kappa shape index (κ1) is 22.1. The van der Waals surface area contributed by atoms with E-state index in [1.807, 2.05) is 0 Å². The summed E-state index contributed by atoms with van der Waals surface area (Å²) in [5.74, 6) is -1.35. The minimum atomic E-state index is -0.565. The Morgan fingerprint density at radius 1 is 0.897 bits per heavy atom. The molecular weight excluding hydrogens is 396 g/mol. The molecule has 0 radical (unpaired) electrons. The Balaban J connectivity index is 1.64. The second kappa shape index (κ2) is 11.0. The highest BCUT2D eigenvalue weighted by molar-refractivity contribution is 6.30. The number of rotatable bonds is 9. The summed E-state index contributed by atoms with van der Waals surface area (Å²) in [6.45, 7) is 1.05. The second-order valence-electron chi connectivity index (χ2n) is 6.25. The van der Waals surface area contributed by atoms with Gasteiger partial charge in [0.25, 0.3) is 5.91 Å². The fraction of sp³-hybridized carbons (Fsp3) is 0.238. The van der Waals surface area contributed by atoms with Gasteiger partial charge in [-0.3, -0.25) is 19.2 Å². The number of carbonyl (C=O) groups is 4. The monoisotopic (exact) mass is 416 g/mol. The van der Waals surface area contributed by atoms with E-state index in [4.69, 9.17) is 16.3 Å². The van der Waals surface area contributed by atoms with Crippen LogP contribution in [0.1, 0.15) is 36.5 Å². The van der Waals surface area contributed by atoms with Gasteiger partial charge in [-0.1, -0.05) is 17.7 Å². The fourth-order valence-electron chi connectivity index (χ4n) is 2.39. The maximum Gasteiger partial charge on any atom is 0.306 e. The average Bonchev–Trinajstić information content (AvgIpc) is 2.67. The van der Waals surface area contributed by atoms with Gasteiger partial charge in [0, 0.05) is 34.8 Å². The molecule has 2 amide bonds. The summed E-state index contributed by atoms with van der Waals surface area (Å²) in [5, 5.41) is 5.73. The van der Waals surface area contributed by atoms with Gasteiger partial charge in [0.1, 0.15) is 0 Å². The minimum Gasteiger partial charge on any atom is -0.456 e. The molecule has 0 saturated carbocycles. The fourth-order valence-corrected chi connectivity index (χ4v) is 2.58. The highest BCUT2D eigenvalue weighted by Crippen LogP contribution is 2.15. The molecule has 2 aromatic carbocycles. The third-order valence-electron chi connectivity index (χ3n) is 3.83. The Kier molecular flexibility index (Phi) is 8.36. The molecule has 0 heterocycles. The third-order valence-corrected chi connectivity index (χ3v) is 4.07. The molecule has 0 aromatic heterocycles. The molecule has 0 aliphatic carbocycles. The molecule has 0 atom stereocenters. The van der Waals surface area contributed by atoms with Crippen LogP contribution in [0.5, 0.6) is 0 Å². The van der Waals surface area contributed by atoms with Crippen molar-refractivity contribution in [1.29, 1.82) is 0 Å². The van der Waals surface area contributed by atoms with E-state index < -0.39 is 18.5 Å². The molecule has 152 valence electrons. The second-order valence-corrected chi connectivity index (χ2v) is 6.69. The number of carbonyl (C=O) groups excluding carboxylic acids is 4. The zero-order valence-electron chi connectivity index (χ0n) is 15.9. The van der Waals surface area contributed by atoms with Crippen LogP contribution in [0.2, 0.25) is 5.02 Å². The van der Waals surface area contributed by atoms with E-state index in [-0.39, 0.29) is 31.0 Å². The molecule has 2 N–H and O–H groups in total. The van der Waals surface area contributed by atoms with Gasteiger partial charge < -0.3 is 15.4 Å². The molecule has 0 unspecified atom stereocenters. The third kappa shape index (κ3) is 8.15. The van der Waals surface area contributed by atoms with Crippen molar-refractivity contribution in [2.24, 2.45) is 0 Å². The molecule has 7 nitrogen and oxygen atoms in total. The van der Waals surface area contributed by atoms with Crippen molar-refractivity contribution in [2.75, 3.05) is 17.2 Å². The largest absolute Gasteiger partial charge is 0.456 e. The molecule has 29 heavy (non-hydrogen) atoms. The van der Waals surface area contributed by atoms with Crippen LogP contribution in [0.4, 0.5) is 11.4 Å². The molecule has 0 aliphatic heterocycles. The zero-order chi connectivity index (χ0) is 21.2. The molecule has 8 heteroatoms. The number of esters is 1. The first-order valence-electron chi connectivity index (χ1n) is 8.95. The highest BCUT2D eigenvalue weighted by Gasteiger charge is 2.10. The SMILES string of the molecule is CC(=O)c1ccc(NC(=O)CCCC(=O)OCC(=O)Nc2cccc(Cl)c2)cc1. The van der Waals surface area contributed by atoms with Crippen LogP contribution in [-0.4, -0.2) is 30.2 Å². The van der Waals surface area contributed by atoms with E-state index in [1.54, 1.807) is 48.5 Å². The minimum absolute atomic E-state index is 0.0150. The lowest BCUT2D eigenvalue weighted by Crippen LogP contribution is -2.21. The number of hydrogen-bond donors (Lipinski definition) is 2. The summed E-state index contributed by atoms with van der Waals surface area (Å²) in [4.78, 5) is 46.6. The van der Waals surface area contributed by atoms with Gasteiger partial charge in [-0.15, -0.1) is 0 Å². The Hall–Kier alpha value is -3.19. The molecule has 2 aromatic rings. The zero-order valence-corrected chi connectivity index (χ0v) is 16.6. The number of nitrogens with one attached hydrogen (secondary N) is 2. The van der Waals surface area contributed by atoms with Crippen LogP contribution in [0.25, 0.3) is 0 Å². The lowest BCUT2D eigenvalue weighted by Gasteiger charge is -2.07. The maximum absolute atomic E-state index is 11.9. The number of benzene rings is 2. The van der Waals surface area contributed by atoms with Crippen LogP contribution in [0.15, 0.2) is 48.5 Å². The van der Waals surface area contributed by atoms with E-state index in [1.165, 1.54) is 6.92 Å². The Morgan fingerprint density at radius 3 is 2.24 bits per heavy atom. The van der Waals surface area contributed by atoms with Crippen molar-refractivity contribution < 1.29 is 23.9 Å². The number of halogens is 1. The smallest absolute Gasteiger partial charge is 0.306 e. The van der Waals surface area contributed by atoms with E-state index >= 15 is 0 Å².